The lowest BCUT2D eigenvalue weighted by Crippen LogP contribution is -2.34. The molecule has 128 valence electrons. The van der Waals surface area contributed by atoms with Gasteiger partial charge in [-0.2, -0.15) is 4.98 Å². The SMILES string of the molecule is Cc1cc(OCC(=O)[O-])nc(NC(=O)NS(=O)(=O)c2cccs2)n1. The average Bonchev–Trinajstić information content (AvgIpc) is 2.98. The van der Waals surface area contributed by atoms with Crippen molar-refractivity contribution in [2.24, 2.45) is 0 Å². The molecule has 0 aromatic carbocycles. The van der Waals surface area contributed by atoms with E-state index in [0.29, 0.717) is 5.69 Å². The summed E-state index contributed by atoms with van der Waals surface area (Å²) in [6.07, 6.45) is 0. The Hall–Kier alpha value is -2.73. The van der Waals surface area contributed by atoms with Crippen molar-refractivity contribution in [2.75, 3.05) is 11.9 Å². The number of nitrogens with one attached hydrogen (secondary N) is 2. The van der Waals surface area contributed by atoms with Gasteiger partial charge in [0.15, 0.2) is 0 Å². The normalized spacial score (nSPS) is 10.9. The first-order valence-electron chi connectivity index (χ1n) is 6.32. The summed E-state index contributed by atoms with van der Waals surface area (Å²) < 4.78 is 30.4. The molecule has 0 aliphatic carbocycles. The van der Waals surface area contributed by atoms with Gasteiger partial charge < -0.3 is 14.6 Å². The van der Waals surface area contributed by atoms with E-state index in [2.05, 4.69) is 15.3 Å². The van der Waals surface area contributed by atoms with Crippen LogP contribution in [0.3, 0.4) is 0 Å². The molecule has 0 bridgehead atoms. The third-order valence-corrected chi connectivity index (χ3v) is 5.11. The molecule has 2 N–H and O–H groups in total. The first-order chi connectivity index (χ1) is 11.3. The monoisotopic (exact) mass is 371 g/mol. The number of ether oxygens (including phenoxy) is 1. The van der Waals surface area contributed by atoms with Crippen LogP contribution < -0.4 is 19.9 Å². The van der Waals surface area contributed by atoms with Crippen molar-refractivity contribution in [2.45, 2.75) is 11.1 Å². The van der Waals surface area contributed by atoms with Gasteiger partial charge in [0.05, 0.1) is 5.97 Å². The predicted molar refractivity (Wildman–Crippen MR) is 80.9 cm³/mol. The van der Waals surface area contributed by atoms with Crippen LogP contribution in [0.1, 0.15) is 5.69 Å². The Bertz CT molecular complexity index is 850. The number of thiophene rings is 1. The van der Waals surface area contributed by atoms with Crippen LogP contribution in [-0.4, -0.2) is 37.0 Å². The molecule has 0 spiro atoms. The summed E-state index contributed by atoms with van der Waals surface area (Å²) in [5, 5.41) is 14.1. The van der Waals surface area contributed by atoms with E-state index in [4.69, 9.17) is 4.74 Å². The Morgan fingerprint density at radius 2 is 2.12 bits per heavy atom. The highest BCUT2D eigenvalue weighted by Gasteiger charge is 2.19. The van der Waals surface area contributed by atoms with Crippen LogP contribution in [-0.2, 0) is 14.8 Å². The fourth-order valence-corrected chi connectivity index (χ4v) is 3.42. The number of aliphatic carboxylic acids is 1. The van der Waals surface area contributed by atoms with Gasteiger partial charge in [-0.15, -0.1) is 11.3 Å². The molecule has 2 heterocycles. The maximum absolute atomic E-state index is 11.9. The third-order valence-electron chi connectivity index (χ3n) is 2.38. The van der Waals surface area contributed by atoms with E-state index in [1.165, 1.54) is 18.2 Å². The van der Waals surface area contributed by atoms with E-state index in [0.717, 1.165) is 11.3 Å². The fourth-order valence-electron chi connectivity index (χ4n) is 1.52. The number of carboxylic acid groups (broad SMARTS) is 1. The van der Waals surface area contributed by atoms with Gasteiger partial charge in [-0.3, -0.25) is 5.32 Å². The molecule has 0 aliphatic rings. The molecule has 0 fully saturated rings. The Morgan fingerprint density at radius 1 is 1.38 bits per heavy atom. The first-order valence-corrected chi connectivity index (χ1v) is 8.68. The van der Waals surface area contributed by atoms with E-state index in [1.807, 2.05) is 0 Å². The number of hydrogen-bond acceptors (Lipinski definition) is 9. The van der Waals surface area contributed by atoms with Crippen molar-refractivity contribution < 1.29 is 27.9 Å². The maximum Gasteiger partial charge on any atom is 0.335 e. The number of aryl methyl sites for hydroxylation is 1. The lowest BCUT2D eigenvalue weighted by molar-refractivity contribution is -0.307. The summed E-state index contributed by atoms with van der Waals surface area (Å²) in [5.74, 6) is -1.80. The summed E-state index contributed by atoms with van der Waals surface area (Å²) in [4.78, 5) is 29.8. The standard InChI is InChI=1S/C12H12N4O6S2/c1-7-5-8(22-6-9(17)18)14-11(13-7)15-12(19)16-24(20,21)10-3-2-4-23-10/h2-5H,6H2,1H3,(H,17,18)(H2,13,14,15,16,19)/p-1. The molecule has 12 heteroatoms. The van der Waals surface area contributed by atoms with Crippen molar-refractivity contribution in [1.29, 1.82) is 0 Å². The maximum atomic E-state index is 11.9. The van der Waals surface area contributed by atoms with Crippen LogP contribution in [0, 0.1) is 6.92 Å². The lowest BCUT2D eigenvalue weighted by Gasteiger charge is -2.09. The van der Waals surface area contributed by atoms with Crippen molar-refractivity contribution in [1.82, 2.24) is 14.7 Å². The highest BCUT2D eigenvalue weighted by Crippen LogP contribution is 2.16. The molecular weight excluding hydrogens is 360 g/mol. The van der Waals surface area contributed by atoms with Crippen LogP contribution in [0.2, 0.25) is 0 Å². The molecule has 10 nitrogen and oxygen atoms in total. The molecule has 2 aromatic heterocycles. The van der Waals surface area contributed by atoms with Crippen LogP contribution in [0.25, 0.3) is 0 Å². The number of carbonyl (C=O) groups is 2. The number of rotatable bonds is 6. The predicted octanol–water partition coefficient (Wildman–Crippen LogP) is -0.514. The quantitative estimate of drug-likeness (QED) is 0.689. The molecule has 0 saturated carbocycles. The third kappa shape index (κ3) is 4.89. The van der Waals surface area contributed by atoms with Crippen molar-refractivity contribution >= 4 is 39.3 Å². The number of amides is 2. The molecule has 2 rings (SSSR count). The molecule has 2 amide bonds. The average molecular weight is 371 g/mol. The molecular formula is C12H11N4O6S2-. The van der Waals surface area contributed by atoms with Gasteiger partial charge in [0.25, 0.3) is 10.0 Å². The number of hydrogen-bond donors (Lipinski definition) is 2. The highest BCUT2D eigenvalue weighted by atomic mass is 32.2. The van der Waals surface area contributed by atoms with Gasteiger partial charge in [0, 0.05) is 11.8 Å². The first kappa shape index (κ1) is 17.6. The van der Waals surface area contributed by atoms with Crippen LogP contribution >= 0.6 is 11.3 Å². The van der Waals surface area contributed by atoms with Gasteiger partial charge in [-0.1, -0.05) is 6.07 Å². The van der Waals surface area contributed by atoms with Crippen LogP contribution in [0.4, 0.5) is 10.7 Å². The van der Waals surface area contributed by atoms with Crippen molar-refractivity contribution in [3.63, 3.8) is 0 Å². The number of urea groups is 1. The topological polar surface area (TPSA) is 150 Å². The van der Waals surface area contributed by atoms with Crippen molar-refractivity contribution in [3.8, 4) is 5.88 Å². The number of sulfonamides is 1. The van der Waals surface area contributed by atoms with E-state index >= 15 is 0 Å². The Morgan fingerprint density at radius 3 is 2.75 bits per heavy atom. The minimum Gasteiger partial charge on any atom is -0.546 e. The molecule has 0 unspecified atom stereocenters. The number of aromatic nitrogens is 2. The van der Waals surface area contributed by atoms with E-state index in [9.17, 15) is 23.1 Å². The zero-order valence-corrected chi connectivity index (χ0v) is 13.8. The summed E-state index contributed by atoms with van der Waals surface area (Å²) in [7, 11) is -3.99. The number of anilines is 1. The summed E-state index contributed by atoms with van der Waals surface area (Å²) >= 11 is 0.949. The molecule has 0 saturated heterocycles. The van der Waals surface area contributed by atoms with Gasteiger partial charge >= 0.3 is 6.03 Å². The van der Waals surface area contributed by atoms with Gasteiger partial charge in [0.2, 0.25) is 11.8 Å². The second-order valence-corrected chi connectivity index (χ2v) is 7.18. The van der Waals surface area contributed by atoms with E-state index < -0.39 is 28.6 Å². The van der Waals surface area contributed by atoms with E-state index in [1.54, 1.807) is 17.0 Å². The van der Waals surface area contributed by atoms with E-state index in [-0.39, 0.29) is 16.0 Å². The van der Waals surface area contributed by atoms with Gasteiger partial charge in [-0.05, 0) is 18.4 Å². The minimum absolute atomic E-state index is 0.0270. The molecule has 0 aliphatic heterocycles. The van der Waals surface area contributed by atoms with Crippen LogP contribution in [0.15, 0.2) is 27.8 Å². The Balaban J connectivity index is 2.07. The zero-order valence-electron chi connectivity index (χ0n) is 12.2. The number of carboxylic acids is 1. The summed E-state index contributed by atoms with van der Waals surface area (Å²) in [5.41, 5.74) is 0.370. The van der Waals surface area contributed by atoms with Crippen molar-refractivity contribution in [3.05, 3.63) is 29.3 Å². The smallest absolute Gasteiger partial charge is 0.335 e. The molecule has 0 atom stereocenters. The second-order valence-electron chi connectivity index (χ2n) is 4.32. The molecule has 0 radical (unpaired) electrons. The largest absolute Gasteiger partial charge is 0.546 e. The van der Waals surface area contributed by atoms with Crippen LogP contribution in [0.5, 0.6) is 5.88 Å². The molecule has 2 aromatic rings. The summed E-state index contributed by atoms with van der Waals surface area (Å²) in [6.45, 7) is 0.827. The zero-order chi connectivity index (χ0) is 17.7. The van der Waals surface area contributed by atoms with Gasteiger partial charge in [-0.25, -0.2) is 22.9 Å². The fraction of sp³-hybridized carbons (Fsp3) is 0.167. The Kier molecular flexibility index (Phi) is 5.31. The second kappa shape index (κ2) is 7.23. The minimum atomic E-state index is -3.99. The highest BCUT2D eigenvalue weighted by molar-refractivity contribution is 7.92. The lowest BCUT2D eigenvalue weighted by atomic mass is 10.4. The number of nitrogens with zero attached hydrogens (tertiary/aromatic N) is 2. The molecule has 24 heavy (non-hydrogen) atoms. The summed E-state index contributed by atoms with van der Waals surface area (Å²) in [6, 6.07) is 3.14. The Labute approximate surface area is 140 Å². The number of carbonyl (C=O) groups excluding carboxylic acids is 2. The van der Waals surface area contributed by atoms with Gasteiger partial charge in [0.1, 0.15) is 10.8 Å².